The predicted molar refractivity (Wildman–Crippen MR) is 62.0 cm³/mol. The van der Waals surface area contributed by atoms with Gasteiger partial charge in [-0.05, 0) is 26.8 Å². The van der Waals surface area contributed by atoms with Crippen LogP contribution in [0.15, 0.2) is 6.33 Å². The van der Waals surface area contributed by atoms with Crippen LogP contribution in [0.1, 0.15) is 39.1 Å². The minimum absolute atomic E-state index is 0.00214. The number of nitrogens with zero attached hydrogens (tertiary/aromatic N) is 3. The molecule has 0 bridgehead atoms. The van der Waals surface area contributed by atoms with Gasteiger partial charge in [0.2, 0.25) is 0 Å². The van der Waals surface area contributed by atoms with Crippen molar-refractivity contribution in [1.82, 2.24) is 14.8 Å². The third-order valence-electron chi connectivity index (χ3n) is 2.62. The van der Waals surface area contributed by atoms with E-state index in [4.69, 9.17) is 5.73 Å². The van der Waals surface area contributed by atoms with Gasteiger partial charge in [-0.1, -0.05) is 6.92 Å². The summed E-state index contributed by atoms with van der Waals surface area (Å²) in [6.07, 6.45) is 2.57. The zero-order chi connectivity index (χ0) is 12.1. The van der Waals surface area contributed by atoms with E-state index in [2.05, 4.69) is 10.1 Å². The lowest BCUT2D eigenvalue weighted by Crippen LogP contribution is -2.20. The molecule has 0 aliphatic rings. The zero-order valence-corrected chi connectivity index (χ0v) is 10.2. The summed E-state index contributed by atoms with van der Waals surface area (Å²) in [6.45, 7) is 6.49. The first-order chi connectivity index (χ1) is 7.56. The Bertz CT molecular complexity index is 346. The van der Waals surface area contributed by atoms with Gasteiger partial charge in [0, 0.05) is 12.0 Å². The summed E-state index contributed by atoms with van der Waals surface area (Å²) < 4.78 is 1.78. The van der Waals surface area contributed by atoms with Gasteiger partial charge in [0.05, 0.1) is 6.42 Å². The van der Waals surface area contributed by atoms with Gasteiger partial charge in [0.15, 0.2) is 0 Å². The van der Waals surface area contributed by atoms with Gasteiger partial charge in [-0.3, -0.25) is 4.79 Å². The van der Waals surface area contributed by atoms with Gasteiger partial charge >= 0.3 is 0 Å². The first kappa shape index (κ1) is 12.8. The molecule has 1 rings (SSSR count). The maximum absolute atomic E-state index is 11.8. The Morgan fingerprint density at radius 3 is 2.75 bits per heavy atom. The van der Waals surface area contributed by atoms with Crippen LogP contribution in [0.25, 0.3) is 0 Å². The van der Waals surface area contributed by atoms with E-state index in [9.17, 15) is 4.79 Å². The fraction of sp³-hybridized carbons (Fsp3) is 0.727. The highest BCUT2D eigenvalue weighted by Gasteiger charge is 2.16. The molecule has 0 saturated carbocycles. The molecule has 5 heteroatoms. The number of aromatic nitrogens is 3. The summed E-state index contributed by atoms with van der Waals surface area (Å²) in [5.74, 6) is 0.923. The van der Waals surface area contributed by atoms with Gasteiger partial charge < -0.3 is 5.73 Å². The molecule has 0 aromatic carbocycles. The van der Waals surface area contributed by atoms with E-state index in [1.54, 1.807) is 4.68 Å². The summed E-state index contributed by atoms with van der Waals surface area (Å²) in [6, 6.07) is 0.232. The Kier molecular flexibility index (Phi) is 4.61. The Morgan fingerprint density at radius 2 is 2.19 bits per heavy atom. The molecule has 16 heavy (non-hydrogen) atoms. The minimum atomic E-state index is 0.00214. The van der Waals surface area contributed by atoms with Crippen LogP contribution in [0.4, 0.5) is 0 Å². The van der Waals surface area contributed by atoms with E-state index in [-0.39, 0.29) is 17.7 Å². The molecule has 1 aromatic rings. The summed E-state index contributed by atoms with van der Waals surface area (Å²) in [5, 5.41) is 4.10. The highest BCUT2D eigenvalue weighted by atomic mass is 16.1. The van der Waals surface area contributed by atoms with Crippen LogP contribution in [0.2, 0.25) is 0 Å². The molecule has 0 radical (unpaired) electrons. The largest absolute Gasteiger partial charge is 0.330 e. The lowest BCUT2D eigenvalue weighted by Gasteiger charge is -2.11. The number of rotatable bonds is 6. The molecule has 1 heterocycles. The second-order valence-electron chi connectivity index (χ2n) is 4.34. The minimum Gasteiger partial charge on any atom is -0.330 e. The van der Waals surface area contributed by atoms with Gasteiger partial charge in [-0.15, -0.1) is 0 Å². The molecular formula is C11H20N4O. The van der Waals surface area contributed by atoms with Crippen molar-refractivity contribution in [3.63, 3.8) is 0 Å². The fourth-order valence-corrected chi connectivity index (χ4v) is 1.57. The second kappa shape index (κ2) is 5.75. The molecule has 1 unspecified atom stereocenters. The summed E-state index contributed by atoms with van der Waals surface area (Å²) >= 11 is 0. The van der Waals surface area contributed by atoms with Crippen LogP contribution in [0.3, 0.4) is 0 Å². The number of nitrogens with two attached hydrogens (primary N) is 1. The van der Waals surface area contributed by atoms with Crippen LogP contribution in [0, 0.1) is 5.92 Å². The topological polar surface area (TPSA) is 73.8 Å². The molecule has 0 spiro atoms. The lowest BCUT2D eigenvalue weighted by atomic mass is 10.00. The Labute approximate surface area is 96.0 Å². The molecular weight excluding hydrogens is 204 g/mol. The lowest BCUT2D eigenvalue weighted by molar-refractivity contribution is -0.122. The van der Waals surface area contributed by atoms with Gasteiger partial charge in [-0.25, -0.2) is 9.67 Å². The maximum Gasteiger partial charge on any atom is 0.143 e. The summed E-state index contributed by atoms with van der Waals surface area (Å²) in [5.41, 5.74) is 5.43. The van der Waals surface area contributed by atoms with Crippen LogP contribution >= 0.6 is 0 Å². The van der Waals surface area contributed by atoms with Crippen LogP contribution in [-0.2, 0) is 11.2 Å². The van der Waals surface area contributed by atoms with Crippen molar-refractivity contribution in [2.45, 2.75) is 39.7 Å². The van der Waals surface area contributed by atoms with Crippen molar-refractivity contribution in [2.75, 3.05) is 6.54 Å². The molecule has 5 nitrogen and oxygen atoms in total. The molecule has 0 amide bonds. The van der Waals surface area contributed by atoms with E-state index in [0.717, 1.165) is 12.2 Å². The molecule has 0 aliphatic carbocycles. The molecule has 1 atom stereocenters. The normalized spacial score (nSPS) is 13.1. The monoisotopic (exact) mass is 224 g/mol. The zero-order valence-electron chi connectivity index (χ0n) is 10.2. The van der Waals surface area contributed by atoms with Gasteiger partial charge in [-0.2, -0.15) is 5.10 Å². The smallest absolute Gasteiger partial charge is 0.143 e. The molecule has 0 fully saturated rings. The number of carbonyl (C=O) groups excluding carboxylic acids is 1. The van der Waals surface area contributed by atoms with Crippen LogP contribution in [-0.4, -0.2) is 27.1 Å². The third kappa shape index (κ3) is 3.13. The number of ketones is 1. The molecule has 0 saturated heterocycles. The number of carbonyl (C=O) groups is 1. The van der Waals surface area contributed by atoms with Crippen molar-refractivity contribution in [1.29, 1.82) is 0 Å². The molecule has 0 aliphatic heterocycles. The standard InChI is InChI=1S/C11H20N4O/c1-8(2)15-11(13-7-14-15)6-10(16)9(3)4-5-12/h7-9H,4-6,12H2,1-3H3. The van der Waals surface area contributed by atoms with Crippen molar-refractivity contribution in [3.05, 3.63) is 12.2 Å². The number of hydrogen-bond donors (Lipinski definition) is 1. The number of Topliss-reactive ketones (excluding diaryl/α,β-unsaturated/α-hetero) is 1. The van der Waals surface area contributed by atoms with E-state index < -0.39 is 0 Å². The van der Waals surface area contributed by atoms with Crippen molar-refractivity contribution < 1.29 is 4.79 Å². The Balaban J connectivity index is 2.66. The summed E-state index contributed by atoms with van der Waals surface area (Å²) in [4.78, 5) is 16.0. The van der Waals surface area contributed by atoms with Crippen molar-refractivity contribution in [3.8, 4) is 0 Å². The highest BCUT2D eigenvalue weighted by molar-refractivity contribution is 5.82. The van der Waals surface area contributed by atoms with Crippen LogP contribution < -0.4 is 5.73 Å². The average Bonchev–Trinajstić information content (AvgIpc) is 2.66. The fourth-order valence-electron chi connectivity index (χ4n) is 1.57. The van der Waals surface area contributed by atoms with E-state index in [0.29, 0.717) is 13.0 Å². The van der Waals surface area contributed by atoms with E-state index in [1.165, 1.54) is 6.33 Å². The first-order valence-corrected chi connectivity index (χ1v) is 5.67. The highest BCUT2D eigenvalue weighted by Crippen LogP contribution is 2.10. The average molecular weight is 224 g/mol. The third-order valence-corrected chi connectivity index (χ3v) is 2.62. The molecule has 2 N–H and O–H groups in total. The van der Waals surface area contributed by atoms with Crippen LogP contribution in [0.5, 0.6) is 0 Å². The van der Waals surface area contributed by atoms with Gasteiger partial charge in [0.1, 0.15) is 17.9 Å². The van der Waals surface area contributed by atoms with Crippen molar-refractivity contribution in [2.24, 2.45) is 11.7 Å². The molecule has 90 valence electrons. The quantitative estimate of drug-likeness (QED) is 0.781. The second-order valence-corrected chi connectivity index (χ2v) is 4.34. The number of hydrogen-bond acceptors (Lipinski definition) is 4. The van der Waals surface area contributed by atoms with Gasteiger partial charge in [0.25, 0.3) is 0 Å². The van der Waals surface area contributed by atoms with E-state index in [1.807, 2.05) is 20.8 Å². The summed E-state index contributed by atoms with van der Waals surface area (Å²) in [7, 11) is 0. The SMILES string of the molecule is CC(CCN)C(=O)Cc1ncnn1C(C)C. The Hall–Kier alpha value is -1.23. The van der Waals surface area contributed by atoms with Crippen molar-refractivity contribution >= 4 is 5.78 Å². The van der Waals surface area contributed by atoms with E-state index >= 15 is 0 Å². The first-order valence-electron chi connectivity index (χ1n) is 5.67. The Morgan fingerprint density at radius 1 is 1.50 bits per heavy atom. The molecule has 1 aromatic heterocycles. The maximum atomic E-state index is 11.8. The predicted octanol–water partition coefficient (Wildman–Crippen LogP) is 0.955.